The molecule has 3 nitrogen and oxygen atoms in total. The molecule has 3 heteroatoms. The lowest BCUT2D eigenvalue weighted by Gasteiger charge is -2.48. The van der Waals surface area contributed by atoms with E-state index in [2.05, 4.69) is 17.1 Å². The zero-order chi connectivity index (χ0) is 9.97. The van der Waals surface area contributed by atoms with Crippen molar-refractivity contribution in [3.8, 4) is 0 Å². The summed E-state index contributed by atoms with van der Waals surface area (Å²) in [6.07, 6.45) is 4.29. The van der Waals surface area contributed by atoms with Crippen LogP contribution in [0.2, 0.25) is 0 Å². The van der Waals surface area contributed by atoms with E-state index in [0.717, 1.165) is 12.1 Å². The number of rotatable bonds is 5. The van der Waals surface area contributed by atoms with Gasteiger partial charge in [-0.05, 0) is 25.8 Å². The van der Waals surface area contributed by atoms with Crippen molar-refractivity contribution >= 4 is 0 Å². The van der Waals surface area contributed by atoms with Gasteiger partial charge in [0.1, 0.15) is 0 Å². The van der Waals surface area contributed by atoms with Gasteiger partial charge in [0.15, 0.2) is 0 Å². The SMILES string of the molecule is CCCN(C1CNC1)C1CC(OC)C1. The summed E-state index contributed by atoms with van der Waals surface area (Å²) in [5.41, 5.74) is 0. The fraction of sp³-hybridized carbons (Fsp3) is 1.00. The third kappa shape index (κ3) is 1.95. The third-order valence-corrected chi connectivity index (χ3v) is 3.58. The minimum absolute atomic E-state index is 0.535. The molecule has 0 spiro atoms. The molecule has 1 aliphatic carbocycles. The summed E-state index contributed by atoms with van der Waals surface area (Å²) in [7, 11) is 1.83. The van der Waals surface area contributed by atoms with Crippen LogP contribution in [-0.4, -0.2) is 49.8 Å². The predicted molar refractivity (Wildman–Crippen MR) is 57.5 cm³/mol. The van der Waals surface area contributed by atoms with Crippen LogP contribution in [0, 0.1) is 0 Å². The van der Waals surface area contributed by atoms with Gasteiger partial charge < -0.3 is 10.1 Å². The van der Waals surface area contributed by atoms with Gasteiger partial charge in [0.05, 0.1) is 6.10 Å². The molecule has 0 bridgehead atoms. The van der Waals surface area contributed by atoms with Gasteiger partial charge in [-0.2, -0.15) is 0 Å². The molecule has 0 unspecified atom stereocenters. The van der Waals surface area contributed by atoms with E-state index in [-0.39, 0.29) is 0 Å². The van der Waals surface area contributed by atoms with E-state index < -0.39 is 0 Å². The maximum Gasteiger partial charge on any atom is 0.0601 e. The first-order chi connectivity index (χ1) is 6.85. The Morgan fingerprint density at radius 1 is 1.29 bits per heavy atom. The fourth-order valence-electron chi connectivity index (χ4n) is 2.43. The van der Waals surface area contributed by atoms with Crippen LogP contribution in [0.1, 0.15) is 26.2 Å². The fourth-order valence-corrected chi connectivity index (χ4v) is 2.43. The van der Waals surface area contributed by atoms with E-state index in [4.69, 9.17) is 4.74 Å². The number of methoxy groups -OCH3 is 1. The Kier molecular flexibility index (Phi) is 3.42. The third-order valence-electron chi connectivity index (χ3n) is 3.58. The molecular weight excluding hydrogens is 176 g/mol. The summed E-state index contributed by atoms with van der Waals surface area (Å²) >= 11 is 0. The summed E-state index contributed by atoms with van der Waals surface area (Å²) in [5.74, 6) is 0. The van der Waals surface area contributed by atoms with E-state index in [0.29, 0.717) is 6.10 Å². The van der Waals surface area contributed by atoms with Crippen LogP contribution in [-0.2, 0) is 4.74 Å². The van der Waals surface area contributed by atoms with Crippen molar-refractivity contribution < 1.29 is 4.74 Å². The minimum atomic E-state index is 0.535. The molecule has 1 aliphatic heterocycles. The summed E-state index contributed by atoms with van der Waals surface area (Å²) in [6.45, 7) is 5.90. The van der Waals surface area contributed by atoms with Crippen LogP contribution >= 0.6 is 0 Å². The van der Waals surface area contributed by atoms with Gasteiger partial charge in [-0.25, -0.2) is 0 Å². The first-order valence-corrected chi connectivity index (χ1v) is 5.84. The van der Waals surface area contributed by atoms with Crippen LogP contribution in [0.3, 0.4) is 0 Å². The smallest absolute Gasteiger partial charge is 0.0601 e. The Labute approximate surface area is 86.8 Å². The second-order valence-electron chi connectivity index (χ2n) is 4.53. The quantitative estimate of drug-likeness (QED) is 0.709. The van der Waals surface area contributed by atoms with Crippen molar-refractivity contribution in [2.45, 2.75) is 44.4 Å². The van der Waals surface area contributed by atoms with Crippen LogP contribution < -0.4 is 5.32 Å². The van der Waals surface area contributed by atoms with E-state index >= 15 is 0 Å². The van der Waals surface area contributed by atoms with Gasteiger partial charge in [-0.15, -0.1) is 0 Å². The standard InChI is InChI=1S/C11H22N2O/c1-3-4-13(10-7-12-8-10)9-5-11(6-9)14-2/h9-12H,3-8H2,1-2H3. The predicted octanol–water partition coefficient (Wildman–Crippen LogP) is 0.848. The number of nitrogens with zero attached hydrogens (tertiary/aromatic N) is 1. The molecule has 0 aromatic carbocycles. The Morgan fingerprint density at radius 2 is 2.00 bits per heavy atom. The highest BCUT2D eigenvalue weighted by Gasteiger charge is 2.37. The number of hydrogen-bond acceptors (Lipinski definition) is 3. The van der Waals surface area contributed by atoms with E-state index in [1.165, 1.54) is 38.9 Å². The van der Waals surface area contributed by atoms with Gasteiger partial charge in [-0.1, -0.05) is 6.92 Å². The van der Waals surface area contributed by atoms with Crippen molar-refractivity contribution in [1.82, 2.24) is 10.2 Å². The highest BCUT2D eigenvalue weighted by atomic mass is 16.5. The molecule has 0 atom stereocenters. The lowest BCUT2D eigenvalue weighted by atomic mass is 9.86. The maximum atomic E-state index is 5.33. The first-order valence-electron chi connectivity index (χ1n) is 5.84. The van der Waals surface area contributed by atoms with Crippen LogP contribution in [0.5, 0.6) is 0 Å². The molecule has 82 valence electrons. The van der Waals surface area contributed by atoms with Gasteiger partial charge in [0, 0.05) is 32.3 Å². The average molecular weight is 198 g/mol. The van der Waals surface area contributed by atoms with E-state index in [1.54, 1.807) is 0 Å². The van der Waals surface area contributed by atoms with Crippen LogP contribution in [0.25, 0.3) is 0 Å². The van der Waals surface area contributed by atoms with Gasteiger partial charge in [0.25, 0.3) is 0 Å². The monoisotopic (exact) mass is 198 g/mol. The molecule has 1 N–H and O–H groups in total. The van der Waals surface area contributed by atoms with Crippen LogP contribution in [0.15, 0.2) is 0 Å². The minimum Gasteiger partial charge on any atom is -0.381 e. The maximum absolute atomic E-state index is 5.33. The molecule has 0 aromatic rings. The average Bonchev–Trinajstić information content (AvgIpc) is 1.99. The number of ether oxygens (including phenoxy) is 1. The van der Waals surface area contributed by atoms with Gasteiger partial charge in [0.2, 0.25) is 0 Å². The normalized spacial score (nSPS) is 32.8. The molecule has 1 saturated heterocycles. The highest BCUT2D eigenvalue weighted by molar-refractivity contribution is 4.94. The first kappa shape index (κ1) is 10.4. The van der Waals surface area contributed by atoms with E-state index in [9.17, 15) is 0 Å². The van der Waals surface area contributed by atoms with Crippen molar-refractivity contribution in [1.29, 1.82) is 0 Å². The second kappa shape index (κ2) is 4.60. The molecule has 2 fully saturated rings. The Bertz CT molecular complexity index is 176. The molecule has 1 heterocycles. The molecule has 2 aliphatic rings. The Morgan fingerprint density at radius 3 is 2.43 bits per heavy atom. The topological polar surface area (TPSA) is 24.5 Å². The number of hydrogen-bond donors (Lipinski definition) is 1. The largest absolute Gasteiger partial charge is 0.381 e. The van der Waals surface area contributed by atoms with Crippen molar-refractivity contribution in [2.75, 3.05) is 26.7 Å². The van der Waals surface area contributed by atoms with Crippen molar-refractivity contribution in [3.63, 3.8) is 0 Å². The summed E-state index contributed by atoms with van der Waals surface area (Å²) in [6, 6.07) is 1.60. The lowest BCUT2D eigenvalue weighted by Crippen LogP contribution is -2.63. The molecular formula is C11H22N2O. The molecule has 14 heavy (non-hydrogen) atoms. The highest BCUT2D eigenvalue weighted by Crippen LogP contribution is 2.30. The molecule has 2 rings (SSSR count). The summed E-state index contributed by atoms with van der Waals surface area (Å²) in [5, 5.41) is 3.36. The molecule has 1 saturated carbocycles. The zero-order valence-corrected chi connectivity index (χ0v) is 9.33. The van der Waals surface area contributed by atoms with Crippen molar-refractivity contribution in [2.24, 2.45) is 0 Å². The van der Waals surface area contributed by atoms with Gasteiger partial charge >= 0.3 is 0 Å². The number of nitrogens with one attached hydrogen (secondary N) is 1. The Balaban J connectivity index is 1.79. The molecule has 0 radical (unpaired) electrons. The zero-order valence-electron chi connectivity index (χ0n) is 9.33. The molecule has 0 amide bonds. The van der Waals surface area contributed by atoms with Crippen molar-refractivity contribution in [3.05, 3.63) is 0 Å². The van der Waals surface area contributed by atoms with Crippen LogP contribution in [0.4, 0.5) is 0 Å². The summed E-state index contributed by atoms with van der Waals surface area (Å²) in [4.78, 5) is 2.69. The Hall–Kier alpha value is -0.120. The van der Waals surface area contributed by atoms with E-state index in [1.807, 2.05) is 7.11 Å². The summed E-state index contributed by atoms with van der Waals surface area (Å²) < 4.78 is 5.33. The molecule has 0 aromatic heterocycles. The second-order valence-corrected chi connectivity index (χ2v) is 4.53. The lowest BCUT2D eigenvalue weighted by molar-refractivity contribution is -0.0481. The van der Waals surface area contributed by atoms with Gasteiger partial charge in [-0.3, -0.25) is 4.90 Å².